The fraction of sp³-hybridized carbons (Fsp3) is 0.333. The summed E-state index contributed by atoms with van der Waals surface area (Å²) in [6.45, 7) is 13.6. The molecule has 1 fully saturated rings. The lowest BCUT2D eigenvalue weighted by molar-refractivity contribution is 1.40. The van der Waals surface area contributed by atoms with E-state index in [9.17, 15) is 0 Å². The summed E-state index contributed by atoms with van der Waals surface area (Å²) in [5.41, 5.74) is 4.72. The van der Waals surface area contributed by atoms with Gasteiger partial charge in [-0.25, -0.2) is 10.5 Å². The molecule has 0 aromatic rings. The van der Waals surface area contributed by atoms with E-state index < -0.39 is 16.5 Å². The van der Waals surface area contributed by atoms with Crippen molar-refractivity contribution in [3.63, 3.8) is 0 Å². The smallest absolute Gasteiger partial charge is 0.342 e. The number of nitrogens with zero attached hydrogens (tertiary/aromatic N) is 4. The van der Waals surface area contributed by atoms with Gasteiger partial charge in [-0.05, 0) is 0 Å². The largest absolute Gasteiger partial charge is 0.842 e. The third kappa shape index (κ3) is 0.915. The molecule has 0 atom stereocenters. The SMILES string of the molecule is [C-]#[N+][Si]1([N+]#[C-])C[Si](C#N)(C#N)C1. The van der Waals surface area contributed by atoms with Gasteiger partial charge >= 0.3 is 16.5 Å². The molecule has 1 saturated heterocycles. The van der Waals surface area contributed by atoms with Gasteiger partial charge in [0.15, 0.2) is 0 Å². The number of rotatable bonds is 0. The number of nitriles is 2. The summed E-state index contributed by atoms with van der Waals surface area (Å²) in [4.78, 5) is 0. The topological polar surface area (TPSA) is 56.3 Å². The zero-order valence-electron chi connectivity index (χ0n) is 6.20. The Morgan fingerprint density at radius 3 is 1.75 bits per heavy atom. The quantitative estimate of drug-likeness (QED) is 0.419. The molecule has 0 spiro atoms. The van der Waals surface area contributed by atoms with Crippen molar-refractivity contribution >= 4 is 16.5 Å². The minimum absolute atomic E-state index is 0.347. The summed E-state index contributed by atoms with van der Waals surface area (Å²) >= 11 is 0. The number of hydrogen-bond donors (Lipinski definition) is 0. The van der Waals surface area contributed by atoms with Crippen LogP contribution in [0.3, 0.4) is 0 Å². The molecule has 0 saturated carbocycles. The molecule has 0 N–H and O–H groups in total. The number of hydrogen-bond acceptors (Lipinski definition) is 2. The van der Waals surface area contributed by atoms with E-state index in [0.29, 0.717) is 11.3 Å². The fourth-order valence-electron chi connectivity index (χ4n) is 1.28. The zero-order chi connectivity index (χ0) is 9.24. The minimum Gasteiger partial charge on any atom is -0.342 e. The van der Waals surface area contributed by atoms with Crippen molar-refractivity contribution in [2.75, 3.05) is 0 Å². The molecule has 0 aromatic carbocycles. The Morgan fingerprint density at radius 1 is 1.08 bits per heavy atom. The second-order valence-corrected chi connectivity index (χ2v) is 10.7. The van der Waals surface area contributed by atoms with Gasteiger partial charge in [0.25, 0.3) is 0 Å². The first-order valence-corrected chi connectivity index (χ1v) is 7.98. The van der Waals surface area contributed by atoms with Crippen LogP contribution >= 0.6 is 0 Å². The van der Waals surface area contributed by atoms with Crippen molar-refractivity contribution in [2.45, 2.75) is 11.3 Å². The van der Waals surface area contributed by atoms with Gasteiger partial charge in [0, 0.05) is 11.4 Å². The second kappa shape index (κ2) is 2.46. The van der Waals surface area contributed by atoms with E-state index in [2.05, 4.69) is 9.02 Å². The monoisotopic (exact) mass is 188 g/mol. The van der Waals surface area contributed by atoms with Gasteiger partial charge in [0.1, 0.15) is 11.3 Å². The third-order valence-electron chi connectivity index (χ3n) is 2.01. The van der Waals surface area contributed by atoms with E-state index in [0.717, 1.165) is 0 Å². The Morgan fingerprint density at radius 2 is 1.50 bits per heavy atom. The molecule has 0 bridgehead atoms. The van der Waals surface area contributed by atoms with Gasteiger partial charge in [-0.1, -0.05) is 0 Å². The maximum atomic E-state index is 8.67. The molecule has 6 heteroatoms. The van der Waals surface area contributed by atoms with Crippen molar-refractivity contribution in [3.8, 4) is 11.4 Å². The van der Waals surface area contributed by atoms with Crippen LogP contribution in [0.1, 0.15) is 0 Å². The highest BCUT2D eigenvalue weighted by molar-refractivity contribution is 7.22. The fourth-order valence-corrected chi connectivity index (χ4v) is 11.2. The molecule has 1 aliphatic rings. The molecule has 0 aromatic heterocycles. The standard InChI is InChI=1S/C6H4N4Si2/c1-9-12(10-2)5-11(3-7,4-8)6-12/h5-6H2. The van der Waals surface area contributed by atoms with E-state index in [1.807, 2.05) is 11.4 Å². The molecule has 0 unspecified atom stereocenters. The van der Waals surface area contributed by atoms with Gasteiger partial charge in [-0.3, -0.25) is 13.1 Å². The van der Waals surface area contributed by atoms with Gasteiger partial charge in [-0.15, -0.1) is 0 Å². The van der Waals surface area contributed by atoms with Crippen LogP contribution in [0.5, 0.6) is 0 Å². The highest BCUT2D eigenvalue weighted by atomic mass is 28.5. The summed E-state index contributed by atoms with van der Waals surface area (Å²) < 4.78 is 6.60. The van der Waals surface area contributed by atoms with Gasteiger partial charge in [0.05, 0.1) is 0 Å². The Hall–Kier alpha value is -1.61. The minimum atomic E-state index is -2.47. The lowest BCUT2D eigenvalue weighted by atomic mass is 11.6. The predicted octanol–water partition coefficient (Wildman–Crippen LogP) is 0.934. The van der Waals surface area contributed by atoms with Crippen LogP contribution in [0.4, 0.5) is 0 Å². The van der Waals surface area contributed by atoms with Crippen LogP contribution in [-0.2, 0) is 0 Å². The van der Waals surface area contributed by atoms with E-state index >= 15 is 0 Å². The van der Waals surface area contributed by atoms with Gasteiger partial charge in [0.2, 0.25) is 0 Å². The lowest BCUT2D eigenvalue weighted by Gasteiger charge is -2.21. The molecule has 56 valence electrons. The van der Waals surface area contributed by atoms with Crippen molar-refractivity contribution in [2.24, 2.45) is 0 Å². The highest BCUT2D eigenvalue weighted by Crippen LogP contribution is 2.41. The summed E-state index contributed by atoms with van der Waals surface area (Å²) in [5.74, 6) is 0. The molecule has 0 aliphatic carbocycles. The van der Waals surface area contributed by atoms with E-state index in [4.69, 9.17) is 23.7 Å². The summed E-state index contributed by atoms with van der Waals surface area (Å²) in [6, 6.07) is 0. The predicted molar refractivity (Wildman–Crippen MR) is 45.6 cm³/mol. The molecular weight excluding hydrogens is 184 g/mol. The molecule has 1 aliphatic heterocycles. The maximum Gasteiger partial charge on any atom is 0.842 e. The lowest BCUT2D eigenvalue weighted by Crippen LogP contribution is -2.58. The Labute approximate surface area is 72.5 Å². The third-order valence-corrected chi connectivity index (χ3v) is 13.1. The van der Waals surface area contributed by atoms with Gasteiger partial charge in [-0.2, -0.15) is 0 Å². The first-order chi connectivity index (χ1) is 5.66. The van der Waals surface area contributed by atoms with Crippen molar-refractivity contribution in [1.82, 2.24) is 0 Å². The van der Waals surface area contributed by atoms with Crippen molar-refractivity contribution in [3.05, 3.63) is 22.2 Å². The average Bonchev–Trinajstić information content (AvgIpc) is 2.07. The molecule has 0 radical (unpaired) electrons. The Kier molecular flexibility index (Phi) is 1.74. The zero-order valence-corrected chi connectivity index (χ0v) is 8.20. The second-order valence-electron chi connectivity index (χ2n) is 2.87. The molecule has 12 heavy (non-hydrogen) atoms. The first kappa shape index (κ1) is 8.49. The Balaban J connectivity index is 2.86. The molecule has 4 nitrogen and oxygen atoms in total. The van der Waals surface area contributed by atoms with Crippen LogP contribution in [0.25, 0.3) is 9.02 Å². The summed E-state index contributed by atoms with van der Waals surface area (Å²) in [5, 5.41) is 17.3. The van der Waals surface area contributed by atoms with Crippen LogP contribution < -0.4 is 0 Å². The highest BCUT2D eigenvalue weighted by Gasteiger charge is 2.81. The van der Waals surface area contributed by atoms with Crippen LogP contribution in [0.2, 0.25) is 11.3 Å². The van der Waals surface area contributed by atoms with E-state index in [1.165, 1.54) is 0 Å². The molecule has 0 amide bonds. The first-order valence-electron chi connectivity index (χ1n) is 3.26. The van der Waals surface area contributed by atoms with Crippen LogP contribution in [0.15, 0.2) is 0 Å². The maximum absolute atomic E-state index is 8.67. The van der Waals surface area contributed by atoms with E-state index in [-0.39, 0.29) is 0 Å². The van der Waals surface area contributed by atoms with Crippen molar-refractivity contribution in [1.29, 1.82) is 10.5 Å². The van der Waals surface area contributed by atoms with Gasteiger partial charge < -0.3 is 9.02 Å². The summed E-state index contributed by atoms with van der Waals surface area (Å²) in [6.07, 6.45) is 0. The average molecular weight is 188 g/mol. The molecule has 1 heterocycles. The molecule has 1 rings (SSSR count). The molecular formula is C6H4N4Si2. The Bertz CT molecular complexity index is 300. The normalized spacial score (nSPS) is 21.7. The van der Waals surface area contributed by atoms with Crippen LogP contribution in [-0.4, -0.2) is 16.5 Å². The van der Waals surface area contributed by atoms with Crippen molar-refractivity contribution < 1.29 is 0 Å². The van der Waals surface area contributed by atoms with Crippen LogP contribution in [0, 0.1) is 35.1 Å². The summed E-state index contributed by atoms with van der Waals surface area (Å²) in [7, 11) is -4.89. The van der Waals surface area contributed by atoms with E-state index in [1.54, 1.807) is 0 Å².